The zero-order valence-corrected chi connectivity index (χ0v) is 6.63. The van der Waals surface area contributed by atoms with E-state index in [1.165, 1.54) is 6.08 Å². The predicted molar refractivity (Wildman–Crippen MR) is 32.7 cm³/mol. The fourth-order valence-electron chi connectivity index (χ4n) is 0.245. The van der Waals surface area contributed by atoms with E-state index in [1.54, 1.807) is 0 Å². The number of carbonyl (C=O) groups is 1. The number of carboxylic acids is 1. The first-order valence-electron chi connectivity index (χ1n) is 2.15. The van der Waals surface area contributed by atoms with Crippen LogP contribution in [0.3, 0.4) is 0 Å². The molecule has 0 radical (unpaired) electrons. The minimum absolute atomic E-state index is 0.415. The molecule has 0 aliphatic rings. The van der Waals surface area contributed by atoms with Crippen LogP contribution in [0.1, 0.15) is 0 Å². The van der Waals surface area contributed by atoms with Crippen LogP contribution in [0.5, 0.6) is 0 Å². The topological polar surface area (TPSA) is 46.5 Å². The van der Waals surface area contributed by atoms with Crippen molar-refractivity contribution >= 4 is 16.5 Å². The van der Waals surface area contributed by atoms with Crippen LogP contribution in [0.4, 0.5) is 0 Å². The van der Waals surface area contributed by atoms with Crippen molar-refractivity contribution < 1.29 is 14.3 Å². The highest BCUT2D eigenvalue weighted by molar-refractivity contribution is 5.98. The maximum absolute atomic E-state index is 9.74. The largest absolute Gasteiger partial charge is 0.478 e. The Balaban J connectivity index is 3.20. The van der Waals surface area contributed by atoms with Crippen LogP contribution in [-0.4, -0.2) is 28.2 Å². The van der Waals surface area contributed by atoms with Crippen LogP contribution in [0.2, 0.25) is 0 Å². The Morgan fingerprint density at radius 3 is 2.88 bits per heavy atom. The van der Waals surface area contributed by atoms with Crippen molar-refractivity contribution in [3.63, 3.8) is 0 Å². The summed E-state index contributed by atoms with van der Waals surface area (Å²) < 4.78 is 4.68. The lowest BCUT2D eigenvalue weighted by Crippen LogP contribution is -1.89. The standard InChI is InChI=1S/C4H8O3Si/c5-4(6)2-1-3-7-8/h1-2H,3H2,8H3,(H,5,6). The molecule has 0 aromatic rings. The summed E-state index contributed by atoms with van der Waals surface area (Å²) in [5, 5.41) is 8.01. The summed E-state index contributed by atoms with van der Waals surface area (Å²) >= 11 is 0. The molecule has 8 heavy (non-hydrogen) atoms. The van der Waals surface area contributed by atoms with E-state index in [0.29, 0.717) is 17.1 Å². The Morgan fingerprint density at radius 1 is 1.88 bits per heavy atom. The third kappa shape index (κ3) is 5.39. The summed E-state index contributed by atoms with van der Waals surface area (Å²) in [6, 6.07) is 0. The maximum atomic E-state index is 9.74. The smallest absolute Gasteiger partial charge is 0.328 e. The molecule has 0 atom stereocenters. The highest BCUT2D eigenvalue weighted by Gasteiger charge is 1.80. The first-order chi connectivity index (χ1) is 3.77. The van der Waals surface area contributed by atoms with E-state index in [-0.39, 0.29) is 0 Å². The fourth-order valence-corrected chi connectivity index (χ4v) is 0.438. The molecule has 0 unspecified atom stereocenters. The lowest BCUT2D eigenvalue weighted by molar-refractivity contribution is -0.131. The fraction of sp³-hybridized carbons (Fsp3) is 0.250. The maximum Gasteiger partial charge on any atom is 0.328 e. The molecule has 46 valence electrons. The van der Waals surface area contributed by atoms with Gasteiger partial charge >= 0.3 is 5.97 Å². The zero-order chi connectivity index (χ0) is 6.41. The van der Waals surface area contributed by atoms with Gasteiger partial charge in [0, 0.05) is 6.08 Å². The second kappa shape index (κ2) is 4.54. The number of carboxylic acid groups (broad SMARTS) is 1. The summed E-state index contributed by atoms with van der Waals surface area (Å²) in [6.07, 6.45) is 2.53. The molecule has 0 rings (SSSR count). The summed E-state index contributed by atoms with van der Waals surface area (Å²) in [4.78, 5) is 9.74. The number of aliphatic carboxylic acids is 1. The Kier molecular flexibility index (Phi) is 4.20. The van der Waals surface area contributed by atoms with Crippen molar-refractivity contribution in [2.24, 2.45) is 0 Å². The molecule has 0 spiro atoms. The van der Waals surface area contributed by atoms with Gasteiger partial charge in [-0.15, -0.1) is 0 Å². The van der Waals surface area contributed by atoms with Gasteiger partial charge in [-0.2, -0.15) is 0 Å². The van der Waals surface area contributed by atoms with Crippen molar-refractivity contribution in [2.75, 3.05) is 6.61 Å². The molecule has 0 saturated heterocycles. The molecule has 0 bridgehead atoms. The average Bonchev–Trinajstić information content (AvgIpc) is 1.66. The predicted octanol–water partition coefficient (Wildman–Crippen LogP) is -1.08. The summed E-state index contributed by atoms with van der Waals surface area (Å²) in [5.74, 6) is -0.927. The zero-order valence-electron chi connectivity index (χ0n) is 4.63. The molecule has 4 heteroatoms. The van der Waals surface area contributed by atoms with Gasteiger partial charge in [-0.3, -0.25) is 0 Å². The van der Waals surface area contributed by atoms with Crippen LogP contribution in [0, 0.1) is 0 Å². The van der Waals surface area contributed by atoms with Gasteiger partial charge in [0.05, 0.1) is 6.61 Å². The number of hydrogen-bond donors (Lipinski definition) is 1. The van der Waals surface area contributed by atoms with Crippen LogP contribution in [0.15, 0.2) is 12.2 Å². The Morgan fingerprint density at radius 2 is 2.50 bits per heavy atom. The SMILES string of the molecule is O=C(O)C=CCO[SiH3]. The van der Waals surface area contributed by atoms with Gasteiger partial charge in [-0.05, 0) is 0 Å². The van der Waals surface area contributed by atoms with Crippen molar-refractivity contribution in [3.8, 4) is 0 Å². The van der Waals surface area contributed by atoms with Gasteiger partial charge in [-0.25, -0.2) is 4.79 Å². The highest BCUT2D eigenvalue weighted by atomic mass is 28.2. The molecule has 0 amide bonds. The van der Waals surface area contributed by atoms with Gasteiger partial charge in [0.15, 0.2) is 0 Å². The molecule has 3 nitrogen and oxygen atoms in total. The van der Waals surface area contributed by atoms with Gasteiger partial charge in [0.2, 0.25) is 0 Å². The first-order valence-corrected chi connectivity index (χ1v) is 2.97. The summed E-state index contributed by atoms with van der Waals surface area (Å²) in [7, 11) is 0.655. The van der Waals surface area contributed by atoms with E-state index in [2.05, 4.69) is 4.43 Å². The summed E-state index contributed by atoms with van der Waals surface area (Å²) in [5.41, 5.74) is 0. The van der Waals surface area contributed by atoms with Gasteiger partial charge in [0.25, 0.3) is 0 Å². The van der Waals surface area contributed by atoms with Crippen molar-refractivity contribution in [3.05, 3.63) is 12.2 Å². The van der Waals surface area contributed by atoms with Crippen molar-refractivity contribution in [2.45, 2.75) is 0 Å². The Hall–Kier alpha value is -0.613. The van der Waals surface area contributed by atoms with E-state index >= 15 is 0 Å². The van der Waals surface area contributed by atoms with Gasteiger partial charge < -0.3 is 9.53 Å². The van der Waals surface area contributed by atoms with Gasteiger partial charge in [0.1, 0.15) is 10.5 Å². The lowest BCUT2D eigenvalue weighted by atomic mass is 10.5. The molecule has 0 aromatic carbocycles. The molecule has 0 aliphatic carbocycles. The van der Waals surface area contributed by atoms with Crippen LogP contribution in [0.25, 0.3) is 0 Å². The van der Waals surface area contributed by atoms with E-state index in [1.807, 2.05) is 0 Å². The third-order valence-corrected chi connectivity index (χ3v) is 0.857. The molecular weight excluding hydrogens is 124 g/mol. The minimum Gasteiger partial charge on any atom is -0.478 e. The third-order valence-electron chi connectivity index (χ3n) is 0.523. The van der Waals surface area contributed by atoms with Crippen LogP contribution in [-0.2, 0) is 9.22 Å². The van der Waals surface area contributed by atoms with Gasteiger partial charge in [-0.1, -0.05) is 6.08 Å². The average molecular weight is 132 g/mol. The van der Waals surface area contributed by atoms with E-state index in [4.69, 9.17) is 5.11 Å². The number of rotatable bonds is 3. The van der Waals surface area contributed by atoms with E-state index in [0.717, 1.165) is 6.08 Å². The van der Waals surface area contributed by atoms with Crippen LogP contribution >= 0.6 is 0 Å². The lowest BCUT2D eigenvalue weighted by Gasteiger charge is -1.84. The second-order valence-corrected chi connectivity index (χ2v) is 1.77. The molecule has 1 N–H and O–H groups in total. The molecular formula is C4H8O3Si. The van der Waals surface area contributed by atoms with E-state index < -0.39 is 5.97 Å². The molecule has 0 aliphatic heterocycles. The molecule has 0 saturated carbocycles. The first kappa shape index (κ1) is 7.39. The normalized spacial score (nSPS) is 10.5. The number of hydrogen-bond acceptors (Lipinski definition) is 2. The Bertz CT molecular complexity index is 99.5. The van der Waals surface area contributed by atoms with Crippen LogP contribution < -0.4 is 0 Å². The molecule has 0 heterocycles. The molecule has 0 aromatic heterocycles. The quantitative estimate of drug-likeness (QED) is 0.392. The minimum atomic E-state index is -0.927. The Labute approximate surface area is 50.5 Å². The summed E-state index contributed by atoms with van der Waals surface area (Å²) in [6.45, 7) is 0.415. The highest BCUT2D eigenvalue weighted by Crippen LogP contribution is 1.71. The monoisotopic (exact) mass is 132 g/mol. The van der Waals surface area contributed by atoms with E-state index in [9.17, 15) is 4.79 Å². The second-order valence-electron chi connectivity index (χ2n) is 1.20. The van der Waals surface area contributed by atoms with Crippen molar-refractivity contribution in [1.82, 2.24) is 0 Å². The van der Waals surface area contributed by atoms with Crippen molar-refractivity contribution in [1.29, 1.82) is 0 Å². The molecule has 0 fully saturated rings.